The molecule has 1 aliphatic rings. The van der Waals surface area contributed by atoms with E-state index in [4.69, 9.17) is 14.2 Å². The summed E-state index contributed by atoms with van der Waals surface area (Å²) in [6.45, 7) is 2.35. The number of ether oxygens (including phenoxy) is 3. The van der Waals surface area contributed by atoms with E-state index in [1.165, 1.54) is 5.56 Å². The van der Waals surface area contributed by atoms with E-state index >= 15 is 0 Å². The number of methoxy groups -OCH3 is 2. The molecule has 0 aromatic heterocycles. The van der Waals surface area contributed by atoms with E-state index in [-0.39, 0.29) is 18.2 Å². The van der Waals surface area contributed by atoms with E-state index in [9.17, 15) is 4.79 Å². The molecule has 0 radical (unpaired) electrons. The summed E-state index contributed by atoms with van der Waals surface area (Å²) in [6.07, 6.45) is 0.759. The van der Waals surface area contributed by atoms with Gasteiger partial charge in [0.2, 0.25) is 0 Å². The molecule has 0 spiro atoms. The molecule has 3 rings (SSSR count). The summed E-state index contributed by atoms with van der Waals surface area (Å²) in [6, 6.07) is 13.0. The van der Waals surface area contributed by atoms with E-state index in [2.05, 4.69) is 10.6 Å². The third-order valence-electron chi connectivity index (χ3n) is 4.46. The largest absolute Gasteiger partial charge is 0.497 e. The number of hydrogen-bond acceptors (Lipinski definition) is 4. The van der Waals surface area contributed by atoms with Gasteiger partial charge in [0.15, 0.2) is 0 Å². The van der Waals surface area contributed by atoms with Gasteiger partial charge in [0.1, 0.15) is 23.4 Å². The maximum Gasteiger partial charge on any atom is 0.315 e. The van der Waals surface area contributed by atoms with Gasteiger partial charge in [0.05, 0.1) is 26.8 Å². The lowest BCUT2D eigenvalue weighted by Gasteiger charge is -2.19. The number of carbonyl (C=O) groups is 1. The Labute approximate surface area is 153 Å². The molecular formula is C20H24N2O4. The van der Waals surface area contributed by atoms with Crippen LogP contribution < -0.4 is 24.8 Å². The highest BCUT2D eigenvalue weighted by atomic mass is 16.5. The van der Waals surface area contributed by atoms with Crippen molar-refractivity contribution in [1.29, 1.82) is 0 Å². The van der Waals surface area contributed by atoms with Crippen LogP contribution in [0.2, 0.25) is 0 Å². The normalized spacial score (nSPS) is 16.2. The summed E-state index contributed by atoms with van der Waals surface area (Å²) in [5.41, 5.74) is 2.03. The molecule has 1 aliphatic heterocycles. The smallest absolute Gasteiger partial charge is 0.315 e. The van der Waals surface area contributed by atoms with Crippen LogP contribution in [0.5, 0.6) is 17.2 Å². The van der Waals surface area contributed by atoms with Crippen molar-refractivity contribution in [2.75, 3.05) is 20.8 Å². The van der Waals surface area contributed by atoms with Gasteiger partial charge < -0.3 is 24.8 Å². The minimum absolute atomic E-state index is 0.0418. The molecule has 138 valence electrons. The van der Waals surface area contributed by atoms with E-state index in [1.54, 1.807) is 14.2 Å². The Hall–Kier alpha value is -2.89. The molecule has 0 bridgehead atoms. The summed E-state index contributed by atoms with van der Waals surface area (Å²) in [4.78, 5) is 12.3. The molecule has 0 saturated carbocycles. The molecule has 26 heavy (non-hydrogen) atoms. The summed E-state index contributed by atoms with van der Waals surface area (Å²) in [7, 11) is 3.21. The van der Waals surface area contributed by atoms with Crippen LogP contribution in [-0.4, -0.2) is 32.9 Å². The molecule has 2 N–H and O–H groups in total. The number of carbonyl (C=O) groups excluding carboxylic acids is 1. The van der Waals surface area contributed by atoms with Gasteiger partial charge in [-0.25, -0.2) is 4.79 Å². The Balaban J connectivity index is 1.54. The number of benzene rings is 2. The average Bonchev–Trinajstić information content (AvgIpc) is 3.08. The summed E-state index contributed by atoms with van der Waals surface area (Å²) < 4.78 is 16.5. The monoisotopic (exact) mass is 356 g/mol. The van der Waals surface area contributed by atoms with Gasteiger partial charge in [-0.05, 0) is 36.8 Å². The maximum atomic E-state index is 12.3. The molecule has 0 aliphatic carbocycles. The Morgan fingerprint density at radius 2 is 2.04 bits per heavy atom. The number of rotatable bonds is 6. The molecule has 2 aromatic carbocycles. The predicted octanol–water partition coefficient (Wildman–Crippen LogP) is 3.07. The van der Waals surface area contributed by atoms with Crippen molar-refractivity contribution in [3.63, 3.8) is 0 Å². The molecular weight excluding hydrogens is 332 g/mol. The van der Waals surface area contributed by atoms with Crippen molar-refractivity contribution in [3.8, 4) is 17.2 Å². The van der Waals surface area contributed by atoms with Crippen LogP contribution >= 0.6 is 0 Å². The fraction of sp³-hybridized carbons (Fsp3) is 0.350. The van der Waals surface area contributed by atoms with Gasteiger partial charge in [0, 0.05) is 12.0 Å². The first-order valence-corrected chi connectivity index (χ1v) is 8.61. The second-order valence-corrected chi connectivity index (χ2v) is 6.24. The highest BCUT2D eigenvalue weighted by Gasteiger charge is 2.23. The zero-order valence-electron chi connectivity index (χ0n) is 15.2. The lowest BCUT2D eigenvalue weighted by molar-refractivity contribution is 0.212. The topological polar surface area (TPSA) is 68.8 Å². The predicted molar refractivity (Wildman–Crippen MR) is 99.1 cm³/mol. The van der Waals surface area contributed by atoms with Crippen LogP contribution in [0.4, 0.5) is 4.79 Å². The molecule has 0 fully saturated rings. The number of hydrogen-bond donors (Lipinski definition) is 2. The Morgan fingerprint density at radius 1 is 1.23 bits per heavy atom. The molecule has 0 saturated heterocycles. The van der Waals surface area contributed by atoms with Gasteiger partial charge in [0.25, 0.3) is 0 Å². The van der Waals surface area contributed by atoms with Crippen LogP contribution in [0.1, 0.15) is 24.1 Å². The third kappa shape index (κ3) is 4.02. The molecule has 2 atom stereocenters. The fourth-order valence-electron chi connectivity index (χ4n) is 3.08. The Bertz CT molecular complexity index is 753. The van der Waals surface area contributed by atoms with Gasteiger partial charge in [-0.2, -0.15) is 0 Å². The van der Waals surface area contributed by atoms with Gasteiger partial charge in [-0.15, -0.1) is 0 Å². The number of fused-ring (bicyclic) bond motifs is 1. The first-order valence-electron chi connectivity index (χ1n) is 8.61. The molecule has 2 unspecified atom stereocenters. The van der Waals surface area contributed by atoms with Crippen molar-refractivity contribution in [2.24, 2.45) is 0 Å². The molecule has 1 heterocycles. The quantitative estimate of drug-likeness (QED) is 0.835. The first kappa shape index (κ1) is 17.9. The zero-order chi connectivity index (χ0) is 18.5. The van der Waals surface area contributed by atoms with E-state index < -0.39 is 0 Å². The minimum Gasteiger partial charge on any atom is -0.497 e. The summed E-state index contributed by atoms with van der Waals surface area (Å²) in [5, 5.41) is 5.81. The van der Waals surface area contributed by atoms with Crippen molar-refractivity contribution < 1.29 is 19.0 Å². The zero-order valence-corrected chi connectivity index (χ0v) is 15.2. The van der Waals surface area contributed by atoms with E-state index in [0.29, 0.717) is 18.0 Å². The summed E-state index contributed by atoms with van der Waals surface area (Å²) in [5.74, 6) is 2.31. The van der Waals surface area contributed by atoms with Crippen LogP contribution in [-0.2, 0) is 6.42 Å². The SMILES string of the molecule is COc1ccc(OC)c(C(C)NC(=O)NCC2Cc3ccccc3O2)c1. The number of para-hydroxylation sites is 1. The molecule has 6 nitrogen and oxygen atoms in total. The molecule has 2 amide bonds. The van der Waals surface area contributed by atoms with Crippen LogP contribution in [0.15, 0.2) is 42.5 Å². The second kappa shape index (κ2) is 7.99. The lowest BCUT2D eigenvalue weighted by Crippen LogP contribution is -2.41. The van der Waals surface area contributed by atoms with Crippen molar-refractivity contribution in [3.05, 3.63) is 53.6 Å². The van der Waals surface area contributed by atoms with Crippen molar-refractivity contribution in [1.82, 2.24) is 10.6 Å². The minimum atomic E-state index is -0.248. The fourth-order valence-corrected chi connectivity index (χ4v) is 3.08. The lowest BCUT2D eigenvalue weighted by atomic mass is 10.1. The van der Waals surface area contributed by atoms with Gasteiger partial charge in [-0.3, -0.25) is 0 Å². The van der Waals surface area contributed by atoms with Crippen LogP contribution in [0, 0.1) is 0 Å². The molecule has 2 aromatic rings. The summed E-state index contributed by atoms with van der Waals surface area (Å²) >= 11 is 0. The van der Waals surface area contributed by atoms with E-state index in [1.807, 2.05) is 49.4 Å². The standard InChI is InChI=1S/C20H24N2O4/c1-13(17-11-15(24-2)8-9-19(17)25-3)22-20(23)21-12-16-10-14-6-4-5-7-18(14)26-16/h4-9,11,13,16H,10,12H2,1-3H3,(H2,21,22,23). The highest BCUT2D eigenvalue weighted by Crippen LogP contribution is 2.29. The van der Waals surface area contributed by atoms with Crippen molar-refractivity contribution in [2.45, 2.75) is 25.5 Å². The first-order chi connectivity index (χ1) is 12.6. The van der Waals surface area contributed by atoms with Gasteiger partial charge in [-0.1, -0.05) is 18.2 Å². The van der Waals surface area contributed by atoms with E-state index in [0.717, 1.165) is 17.7 Å². The van der Waals surface area contributed by atoms with Crippen LogP contribution in [0.3, 0.4) is 0 Å². The Kier molecular flexibility index (Phi) is 5.51. The third-order valence-corrected chi connectivity index (χ3v) is 4.46. The van der Waals surface area contributed by atoms with Gasteiger partial charge >= 0.3 is 6.03 Å². The number of amides is 2. The Morgan fingerprint density at radius 3 is 2.77 bits per heavy atom. The maximum absolute atomic E-state index is 12.3. The second-order valence-electron chi connectivity index (χ2n) is 6.24. The van der Waals surface area contributed by atoms with Crippen molar-refractivity contribution >= 4 is 6.03 Å². The highest BCUT2D eigenvalue weighted by molar-refractivity contribution is 5.74. The number of nitrogens with one attached hydrogen (secondary N) is 2. The molecule has 6 heteroatoms. The number of urea groups is 1. The van der Waals surface area contributed by atoms with Crippen LogP contribution in [0.25, 0.3) is 0 Å². The average molecular weight is 356 g/mol.